The Balaban J connectivity index is 2.17. The van der Waals surface area contributed by atoms with Crippen molar-refractivity contribution in [3.63, 3.8) is 0 Å². The third kappa shape index (κ3) is 5.02. The average molecular weight is 312 g/mol. The van der Waals surface area contributed by atoms with E-state index < -0.39 is 0 Å². The van der Waals surface area contributed by atoms with E-state index in [9.17, 15) is 5.11 Å². The van der Waals surface area contributed by atoms with Crippen LogP contribution in [0.2, 0.25) is 0 Å². The predicted molar refractivity (Wildman–Crippen MR) is 96.5 cm³/mol. The summed E-state index contributed by atoms with van der Waals surface area (Å²) < 4.78 is 6.01. The lowest BCUT2D eigenvalue weighted by Gasteiger charge is -2.16. The molecule has 23 heavy (non-hydrogen) atoms. The summed E-state index contributed by atoms with van der Waals surface area (Å²) in [6.45, 7) is 4.38. The fraction of sp³-hybridized carbons (Fsp3) is 0.429. The molecule has 0 saturated heterocycles. The molecule has 124 valence electrons. The molecule has 2 rings (SSSR count). The first-order valence-corrected chi connectivity index (χ1v) is 8.82. The number of rotatable bonds is 9. The molecule has 0 atom stereocenters. The van der Waals surface area contributed by atoms with E-state index in [1.165, 1.54) is 31.2 Å². The van der Waals surface area contributed by atoms with Crippen LogP contribution in [0.5, 0.6) is 17.2 Å². The van der Waals surface area contributed by atoms with E-state index >= 15 is 0 Å². The van der Waals surface area contributed by atoms with Gasteiger partial charge in [-0.25, -0.2) is 0 Å². The fourth-order valence-corrected chi connectivity index (χ4v) is 2.89. The van der Waals surface area contributed by atoms with Gasteiger partial charge in [-0.3, -0.25) is 0 Å². The van der Waals surface area contributed by atoms with Crippen LogP contribution in [0, 0.1) is 0 Å². The van der Waals surface area contributed by atoms with E-state index in [2.05, 4.69) is 13.8 Å². The lowest BCUT2D eigenvalue weighted by molar-refractivity contribution is 0.405. The Kier molecular flexibility index (Phi) is 6.99. The van der Waals surface area contributed by atoms with Crippen molar-refractivity contribution in [2.45, 2.75) is 58.8 Å². The topological polar surface area (TPSA) is 29.5 Å². The number of hydrogen-bond donors (Lipinski definition) is 1. The van der Waals surface area contributed by atoms with Crippen LogP contribution in [0.25, 0.3) is 0 Å². The first-order chi connectivity index (χ1) is 11.3. The normalized spacial score (nSPS) is 10.7. The minimum absolute atomic E-state index is 0.231. The number of hydrogen-bond acceptors (Lipinski definition) is 2. The Labute approximate surface area is 140 Å². The zero-order valence-corrected chi connectivity index (χ0v) is 14.3. The van der Waals surface area contributed by atoms with Crippen LogP contribution in [0.4, 0.5) is 0 Å². The quantitative estimate of drug-likeness (QED) is 0.554. The summed E-state index contributed by atoms with van der Waals surface area (Å²) in [5.74, 6) is 1.63. The molecule has 2 heteroatoms. The number of phenols is 1. The van der Waals surface area contributed by atoms with Gasteiger partial charge in [0, 0.05) is 5.56 Å². The molecule has 2 aromatic carbocycles. The van der Waals surface area contributed by atoms with E-state index in [0.29, 0.717) is 5.75 Å². The Morgan fingerprint density at radius 2 is 1.61 bits per heavy atom. The van der Waals surface area contributed by atoms with E-state index in [1.807, 2.05) is 36.4 Å². The molecule has 2 nitrogen and oxygen atoms in total. The highest BCUT2D eigenvalue weighted by Crippen LogP contribution is 2.37. The van der Waals surface area contributed by atoms with Crippen LogP contribution in [-0.4, -0.2) is 5.11 Å². The van der Waals surface area contributed by atoms with Crippen LogP contribution in [-0.2, 0) is 12.8 Å². The second-order valence-electron chi connectivity index (χ2n) is 5.98. The van der Waals surface area contributed by atoms with Gasteiger partial charge in [0.1, 0.15) is 5.75 Å². The number of benzene rings is 2. The number of aromatic hydroxyl groups is 1. The van der Waals surface area contributed by atoms with E-state index in [1.54, 1.807) is 6.07 Å². The van der Waals surface area contributed by atoms with Crippen molar-refractivity contribution in [1.82, 2.24) is 0 Å². The number of aryl methyl sites for hydroxylation is 1. The Morgan fingerprint density at radius 3 is 2.30 bits per heavy atom. The maximum absolute atomic E-state index is 10.3. The second kappa shape index (κ2) is 9.24. The van der Waals surface area contributed by atoms with Crippen LogP contribution >= 0.6 is 0 Å². The van der Waals surface area contributed by atoms with E-state index in [0.717, 1.165) is 30.6 Å². The van der Waals surface area contributed by atoms with Gasteiger partial charge in [0.05, 0.1) is 0 Å². The van der Waals surface area contributed by atoms with Gasteiger partial charge in [0.2, 0.25) is 0 Å². The molecule has 0 amide bonds. The molecule has 0 aromatic heterocycles. The third-order valence-corrected chi connectivity index (χ3v) is 4.21. The molecular weight excluding hydrogens is 284 g/mol. The number of phenolic OH excluding ortho intramolecular Hbond substituents is 1. The van der Waals surface area contributed by atoms with Gasteiger partial charge in [-0.05, 0) is 43.0 Å². The standard InChI is InChI=1S/C21H28O2/c1-3-5-6-7-11-14-19-17(4-2)15-16-20(22)21(19)23-18-12-9-8-10-13-18/h8-10,12-13,15-16,22H,3-7,11,14H2,1-2H3. The van der Waals surface area contributed by atoms with E-state index in [4.69, 9.17) is 4.74 Å². The summed E-state index contributed by atoms with van der Waals surface area (Å²) in [6, 6.07) is 13.5. The highest BCUT2D eigenvalue weighted by molar-refractivity contribution is 5.52. The average Bonchev–Trinajstić information content (AvgIpc) is 2.58. The summed E-state index contributed by atoms with van der Waals surface area (Å²) in [4.78, 5) is 0. The zero-order chi connectivity index (χ0) is 16.5. The van der Waals surface area contributed by atoms with Gasteiger partial charge in [-0.1, -0.05) is 63.8 Å². The maximum atomic E-state index is 10.3. The van der Waals surface area contributed by atoms with Crippen molar-refractivity contribution in [2.75, 3.05) is 0 Å². The Bertz CT molecular complexity index is 590. The molecule has 2 aromatic rings. The Morgan fingerprint density at radius 1 is 0.870 bits per heavy atom. The second-order valence-corrected chi connectivity index (χ2v) is 5.98. The van der Waals surface area contributed by atoms with Gasteiger partial charge < -0.3 is 9.84 Å². The van der Waals surface area contributed by atoms with Crippen molar-refractivity contribution in [1.29, 1.82) is 0 Å². The highest BCUT2D eigenvalue weighted by Gasteiger charge is 2.14. The lowest BCUT2D eigenvalue weighted by Crippen LogP contribution is -1.99. The number of unbranched alkanes of at least 4 members (excludes halogenated alkanes) is 4. The molecule has 0 unspecified atom stereocenters. The molecular formula is C21H28O2. The molecule has 1 N–H and O–H groups in total. The summed E-state index contributed by atoms with van der Waals surface area (Å²) in [5, 5.41) is 10.3. The molecule has 0 spiro atoms. The van der Waals surface area contributed by atoms with Crippen LogP contribution < -0.4 is 4.74 Å². The molecule has 0 aliphatic heterocycles. The monoisotopic (exact) mass is 312 g/mol. The largest absolute Gasteiger partial charge is 0.504 e. The molecule has 0 heterocycles. The minimum Gasteiger partial charge on any atom is -0.504 e. The fourth-order valence-electron chi connectivity index (χ4n) is 2.89. The number of ether oxygens (including phenoxy) is 1. The van der Waals surface area contributed by atoms with Gasteiger partial charge in [-0.2, -0.15) is 0 Å². The van der Waals surface area contributed by atoms with Crippen LogP contribution in [0.1, 0.15) is 57.1 Å². The van der Waals surface area contributed by atoms with Crippen molar-refractivity contribution in [2.24, 2.45) is 0 Å². The van der Waals surface area contributed by atoms with E-state index in [-0.39, 0.29) is 5.75 Å². The molecule has 0 saturated carbocycles. The number of para-hydroxylation sites is 1. The van der Waals surface area contributed by atoms with Crippen molar-refractivity contribution in [3.05, 3.63) is 53.6 Å². The van der Waals surface area contributed by atoms with Crippen molar-refractivity contribution < 1.29 is 9.84 Å². The molecule has 0 radical (unpaired) electrons. The smallest absolute Gasteiger partial charge is 0.172 e. The summed E-state index contributed by atoms with van der Waals surface area (Å²) in [6.07, 6.45) is 8.13. The first-order valence-electron chi connectivity index (χ1n) is 8.82. The van der Waals surface area contributed by atoms with Gasteiger partial charge >= 0.3 is 0 Å². The minimum atomic E-state index is 0.231. The summed E-state index contributed by atoms with van der Waals surface area (Å²) >= 11 is 0. The molecule has 0 aliphatic rings. The SMILES string of the molecule is CCCCCCCc1c(CC)ccc(O)c1Oc1ccccc1. The van der Waals surface area contributed by atoms with Gasteiger partial charge in [-0.15, -0.1) is 0 Å². The predicted octanol–water partition coefficient (Wildman–Crippen LogP) is 6.26. The van der Waals surface area contributed by atoms with Crippen molar-refractivity contribution >= 4 is 0 Å². The molecule has 0 fully saturated rings. The maximum Gasteiger partial charge on any atom is 0.172 e. The van der Waals surface area contributed by atoms with Gasteiger partial charge in [0.15, 0.2) is 11.5 Å². The van der Waals surface area contributed by atoms with Crippen LogP contribution in [0.15, 0.2) is 42.5 Å². The molecule has 0 aliphatic carbocycles. The lowest BCUT2D eigenvalue weighted by atomic mass is 9.97. The first kappa shape index (κ1) is 17.4. The third-order valence-electron chi connectivity index (χ3n) is 4.21. The van der Waals surface area contributed by atoms with Crippen molar-refractivity contribution in [3.8, 4) is 17.2 Å². The van der Waals surface area contributed by atoms with Gasteiger partial charge in [0.25, 0.3) is 0 Å². The Hall–Kier alpha value is -1.96. The van der Waals surface area contributed by atoms with Crippen LogP contribution in [0.3, 0.4) is 0 Å². The zero-order valence-electron chi connectivity index (χ0n) is 14.3. The highest BCUT2D eigenvalue weighted by atomic mass is 16.5. The summed E-state index contributed by atoms with van der Waals surface area (Å²) in [7, 11) is 0. The molecule has 0 bridgehead atoms. The summed E-state index contributed by atoms with van der Waals surface area (Å²) in [5.41, 5.74) is 2.43.